The number of nitrogens with one attached hydrogen (secondary N) is 2. The maximum absolute atomic E-state index is 5.57. The molecular weight excluding hydrogens is 228 g/mol. The second-order valence-electron chi connectivity index (χ2n) is 3.66. The number of nitrogens with zero attached hydrogens (tertiary/aromatic N) is 1. The van der Waals surface area contributed by atoms with E-state index in [1.54, 1.807) is 6.20 Å². The van der Waals surface area contributed by atoms with Gasteiger partial charge in [-0.05, 0) is 18.2 Å². The molecule has 4 N–H and O–H groups in total. The minimum absolute atomic E-state index is 0.595. The Morgan fingerprint density at radius 3 is 2.78 bits per heavy atom. The standard InChI is InChI=1S/C13H16N4O/c14-17-13-10-11(6-7-16-13)15-8-9-18-12-4-2-1-3-5-12/h1-7,10H,8-9,14H2,(H2,15,16,17). The third kappa shape index (κ3) is 3.64. The number of pyridine rings is 1. The Labute approximate surface area is 106 Å². The normalized spacial score (nSPS) is 9.83. The van der Waals surface area contributed by atoms with Crippen LogP contribution in [0.25, 0.3) is 0 Å². The number of nitrogen functional groups attached to an aromatic ring is 1. The SMILES string of the molecule is NNc1cc(NCCOc2ccccc2)ccn1. The minimum atomic E-state index is 0.595. The fraction of sp³-hybridized carbons (Fsp3) is 0.154. The zero-order chi connectivity index (χ0) is 12.6. The Bertz CT molecular complexity index is 475. The highest BCUT2D eigenvalue weighted by Gasteiger charge is 1.95. The molecule has 0 saturated carbocycles. The average molecular weight is 244 g/mol. The third-order valence-electron chi connectivity index (χ3n) is 2.35. The maximum atomic E-state index is 5.57. The smallest absolute Gasteiger partial charge is 0.141 e. The highest BCUT2D eigenvalue weighted by atomic mass is 16.5. The van der Waals surface area contributed by atoms with Gasteiger partial charge < -0.3 is 15.5 Å². The number of para-hydroxylation sites is 1. The second-order valence-corrected chi connectivity index (χ2v) is 3.66. The summed E-state index contributed by atoms with van der Waals surface area (Å²) in [4.78, 5) is 4.03. The van der Waals surface area contributed by atoms with E-state index in [0.29, 0.717) is 19.0 Å². The summed E-state index contributed by atoms with van der Waals surface area (Å²) in [7, 11) is 0. The fourth-order valence-electron chi connectivity index (χ4n) is 1.50. The van der Waals surface area contributed by atoms with Gasteiger partial charge in [-0.15, -0.1) is 0 Å². The van der Waals surface area contributed by atoms with Crippen LogP contribution in [-0.2, 0) is 0 Å². The molecule has 2 aromatic rings. The van der Waals surface area contributed by atoms with Crippen molar-refractivity contribution in [2.45, 2.75) is 0 Å². The van der Waals surface area contributed by atoms with E-state index in [-0.39, 0.29) is 0 Å². The molecule has 0 aliphatic carbocycles. The van der Waals surface area contributed by atoms with Crippen LogP contribution in [0.3, 0.4) is 0 Å². The van der Waals surface area contributed by atoms with E-state index in [1.807, 2.05) is 42.5 Å². The van der Waals surface area contributed by atoms with E-state index in [1.165, 1.54) is 0 Å². The summed E-state index contributed by atoms with van der Waals surface area (Å²) in [6, 6.07) is 13.4. The van der Waals surface area contributed by atoms with Crippen LogP contribution < -0.4 is 21.3 Å². The number of hydrogen-bond donors (Lipinski definition) is 3. The van der Waals surface area contributed by atoms with Crippen LogP contribution in [0.2, 0.25) is 0 Å². The molecule has 0 saturated heterocycles. The van der Waals surface area contributed by atoms with Gasteiger partial charge in [-0.25, -0.2) is 10.8 Å². The topological polar surface area (TPSA) is 72.2 Å². The fourth-order valence-corrected chi connectivity index (χ4v) is 1.50. The molecule has 0 bridgehead atoms. The number of hydrazine groups is 1. The lowest BCUT2D eigenvalue weighted by Gasteiger charge is -2.09. The summed E-state index contributed by atoms with van der Waals surface area (Å²) in [6.07, 6.45) is 1.69. The van der Waals surface area contributed by atoms with Gasteiger partial charge in [-0.3, -0.25) is 0 Å². The lowest BCUT2D eigenvalue weighted by molar-refractivity contribution is 0.333. The first-order chi connectivity index (χ1) is 8.88. The first-order valence-corrected chi connectivity index (χ1v) is 5.73. The molecule has 2 rings (SSSR count). The Morgan fingerprint density at radius 2 is 2.00 bits per heavy atom. The van der Waals surface area contributed by atoms with Crippen molar-refractivity contribution in [3.63, 3.8) is 0 Å². The second kappa shape index (κ2) is 6.46. The molecule has 0 aliphatic heterocycles. The number of rotatable bonds is 6. The van der Waals surface area contributed by atoms with Crippen LogP contribution in [0.5, 0.6) is 5.75 Å². The molecule has 18 heavy (non-hydrogen) atoms. The Kier molecular flexibility index (Phi) is 4.38. The van der Waals surface area contributed by atoms with Crippen molar-refractivity contribution in [2.75, 3.05) is 23.9 Å². The van der Waals surface area contributed by atoms with Crippen LogP contribution in [0.15, 0.2) is 48.7 Å². The van der Waals surface area contributed by atoms with Crippen LogP contribution in [0.4, 0.5) is 11.5 Å². The molecule has 1 aromatic carbocycles. The molecule has 0 aliphatic rings. The Balaban J connectivity index is 1.75. The van der Waals surface area contributed by atoms with Gasteiger partial charge in [0.2, 0.25) is 0 Å². The summed E-state index contributed by atoms with van der Waals surface area (Å²) >= 11 is 0. The van der Waals surface area contributed by atoms with Gasteiger partial charge in [0.1, 0.15) is 18.2 Å². The Hall–Kier alpha value is -2.27. The molecule has 1 heterocycles. The largest absolute Gasteiger partial charge is 0.492 e. The van der Waals surface area contributed by atoms with Gasteiger partial charge >= 0.3 is 0 Å². The third-order valence-corrected chi connectivity index (χ3v) is 2.35. The van der Waals surface area contributed by atoms with Crippen LogP contribution >= 0.6 is 0 Å². The van der Waals surface area contributed by atoms with Crippen molar-refractivity contribution in [2.24, 2.45) is 5.84 Å². The molecule has 0 spiro atoms. The monoisotopic (exact) mass is 244 g/mol. The van der Waals surface area contributed by atoms with E-state index in [0.717, 1.165) is 11.4 Å². The van der Waals surface area contributed by atoms with Gasteiger partial charge in [0.25, 0.3) is 0 Å². The van der Waals surface area contributed by atoms with Crippen LogP contribution in [0.1, 0.15) is 0 Å². The summed E-state index contributed by atoms with van der Waals surface area (Å²) in [6.45, 7) is 1.31. The number of hydrogen-bond acceptors (Lipinski definition) is 5. The minimum Gasteiger partial charge on any atom is -0.492 e. The van der Waals surface area contributed by atoms with Gasteiger partial charge in [-0.1, -0.05) is 18.2 Å². The van der Waals surface area contributed by atoms with E-state index in [2.05, 4.69) is 15.7 Å². The number of benzene rings is 1. The van der Waals surface area contributed by atoms with E-state index in [9.17, 15) is 0 Å². The molecule has 0 radical (unpaired) electrons. The first-order valence-electron chi connectivity index (χ1n) is 5.73. The Morgan fingerprint density at radius 1 is 1.17 bits per heavy atom. The van der Waals surface area contributed by atoms with Gasteiger partial charge in [0.15, 0.2) is 0 Å². The van der Waals surface area contributed by atoms with Crippen LogP contribution in [-0.4, -0.2) is 18.1 Å². The molecule has 0 fully saturated rings. The molecule has 1 aromatic heterocycles. The predicted molar refractivity (Wildman–Crippen MR) is 72.5 cm³/mol. The predicted octanol–water partition coefficient (Wildman–Crippen LogP) is 1.86. The van der Waals surface area contributed by atoms with Crippen molar-refractivity contribution in [1.82, 2.24) is 4.98 Å². The van der Waals surface area contributed by atoms with Crippen molar-refractivity contribution in [1.29, 1.82) is 0 Å². The number of nitrogens with two attached hydrogens (primary N) is 1. The van der Waals surface area contributed by atoms with Gasteiger partial charge in [0.05, 0.1) is 0 Å². The summed E-state index contributed by atoms with van der Waals surface area (Å²) in [5.74, 6) is 6.79. The lowest BCUT2D eigenvalue weighted by atomic mass is 10.3. The van der Waals surface area contributed by atoms with E-state index in [4.69, 9.17) is 10.6 Å². The highest BCUT2D eigenvalue weighted by molar-refractivity contribution is 5.51. The molecule has 0 atom stereocenters. The summed E-state index contributed by atoms with van der Waals surface area (Å²) < 4.78 is 5.57. The number of ether oxygens (including phenoxy) is 1. The van der Waals surface area contributed by atoms with Crippen molar-refractivity contribution in [3.05, 3.63) is 48.7 Å². The summed E-state index contributed by atoms with van der Waals surface area (Å²) in [5.41, 5.74) is 3.45. The first kappa shape index (κ1) is 12.2. The van der Waals surface area contributed by atoms with Crippen LogP contribution in [0, 0.1) is 0 Å². The zero-order valence-corrected chi connectivity index (χ0v) is 9.97. The van der Waals surface area contributed by atoms with Gasteiger partial charge in [-0.2, -0.15) is 0 Å². The average Bonchev–Trinajstić information content (AvgIpc) is 2.45. The van der Waals surface area contributed by atoms with Crippen molar-refractivity contribution in [3.8, 4) is 5.75 Å². The van der Waals surface area contributed by atoms with E-state index < -0.39 is 0 Å². The highest BCUT2D eigenvalue weighted by Crippen LogP contribution is 2.11. The quantitative estimate of drug-likeness (QED) is 0.411. The number of aromatic nitrogens is 1. The summed E-state index contributed by atoms with van der Waals surface area (Å²) in [5, 5.41) is 3.23. The van der Waals surface area contributed by atoms with Crippen molar-refractivity contribution < 1.29 is 4.74 Å². The maximum Gasteiger partial charge on any atom is 0.141 e. The van der Waals surface area contributed by atoms with Gasteiger partial charge in [0, 0.05) is 24.5 Å². The lowest BCUT2D eigenvalue weighted by Crippen LogP contribution is -2.12. The molecule has 0 unspecified atom stereocenters. The molecule has 5 nitrogen and oxygen atoms in total. The van der Waals surface area contributed by atoms with E-state index >= 15 is 0 Å². The molecule has 94 valence electrons. The molecule has 0 amide bonds. The number of anilines is 2. The van der Waals surface area contributed by atoms with Crippen molar-refractivity contribution >= 4 is 11.5 Å². The molecular formula is C13H16N4O. The molecule has 5 heteroatoms. The zero-order valence-electron chi connectivity index (χ0n) is 9.97.